The fourth-order valence-electron chi connectivity index (χ4n) is 2.82. The number of hydrogen-bond donors (Lipinski definition) is 1. The van der Waals surface area contributed by atoms with Gasteiger partial charge in [-0.2, -0.15) is 0 Å². The van der Waals surface area contributed by atoms with Crippen LogP contribution in [0, 0.1) is 5.92 Å². The second-order valence-corrected chi connectivity index (χ2v) is 6.04. The maximum absolute atomic E-state index is 11.8. The molecule has 96 valence electrons. The molecule has 1 N–H and O–H groups in total. The first kappa shape index (κ1) is 12.1. The van der Waals surface area contributed by atoms with Gasteiger partial charge in [0.15, 0.2) is 0 Å². The first-order valence-corrected chi connectivity index (χ1v) is 7.17. The van der Waals surface area contributed by atoms with Crippen LogP contribution in [0.3, 0.4) is 0 Å². The highest BCUT2D eigenvalue weighted by molar-refractivity contribution is 8.00. The van der Waals surface area contributed by atoms with Crippen LogP contribution in [0.15, 0.2) is 23.1 Å². The molecule has 0 aromatic heterocycles. The molecule has 1 aliphatic heterocycles. The Hall–Kier alpha value is -1.00. The third kappa shape index (κ3) is 1.67. The Morgan fingerprint density at radius 3 is 3.00 bits per heavy atom. The van der Waals surface area contributed by atoms with E-state index in [1.165, 1.54) is 10.5 Å². The summed E-state index contributed by atoms with van der Waals surface area (Å²) in [6, 6.07) is 5.99. The van der Waals surface area contributed by atoms with Crippen molar-refractivity contribution in [1.82, 2.24) is 0 Å². The number of rotatable bonds is 3. The van der Waals surface area contributed by atoms with E-state index in [0.717, 1.165) is 5.56 Å². The zero-order valence-electron chi connectivity index (χ0n) is 10.4. The van der Waals surface area contributed by atoms with Gasteiger partial charge < -0.3 is 9.84 Å². The lowest BCUT2D eigenvalue weighted by molar-refractivity contribution is -0.144. The summed E-state index contributed by atoms with van der Waals surface area (Å²) in [5.41, 5.74) is 2.12. The molecule has 4 unspecified atom stereocenters. The van der Waals surface area contributed by atoms with Crippen LogP contribution in [0.25, 0.3) is 0 Å². The zero-order chi connectivity index (χ0) is 12.9. The van der Waals surface area contributed by atoms with Gasteiger partial charge in [-0.15, -0.1) is 11.8 Å². The number of thioether (sulfide) groups is 1. The molecule has 1 aromatic carbocycles. The van der Waals surface area contributed by atoms with Crippen molar-refractivity contribution in [2.24, 2.45) is 5.92 Å². The smallest absolute Gasteiger partial charge is 0.310 e. The molecular weight excluding hydrogens is 248 g/mol. The molecule has 2 aliphatic rings. The van der Waals surface area contributed by atoms with Crippen LogP contribution >= 0.6 is 11.8 Å². The third-order valence-corrected chi connectivity index (χ3v) is 5.13. The van der Waals surface area contributed by atoms with Crippen LogP contribution in [-0.2, 0) is 9.53 Å². The predicted octanol–water partition coefficient (Wildman–Crippen LogP) is 2.49. The van der Waals surface area contributed by atoms with Crippen molar-refractivity contribution in [3.8, 4) is 0 Å². The second kappa shape index (κ2) is 4.28. The molecule has 3 nitrogen and oxygen atoms in total. The van der Waals surface area contributed by atoms with E-state index in [1.807, 2.05) is 19.1 Å². The lowest BCUT2D eigenvalue weighted by Crippen LogP contribution is -2.10. The molecule has 0 amide bonds. The van der Waals surface area contributed by atoms with Crippen molar-refractivity contribution in [2.75, 3.05) is 6.61 Å². The molecule has 1 fully saturated rings. The summed E-state index contributed by atoms with van der Waals surface area (Å²) in [5.74, 6) is 0.142. The van der Waals surface area contributed by atoms with Gasteiger partial charge in [0.2, 0.25) is 0 Å². The monoisotopic (exact) mass is 264 g/mol. The Morgan fingerprint density at radius 1 is 1.56 bits per heavy atom. The highest BCUT2D eigenvalue weighted by Gasteiger charge is 2.62. The number of benzene rings is 1. The summed E-state index contributed by atoms with van der Waals surface area (Å²) in [7, 11) is 0. The van der Waals surface area contributed by atoms with Gasteiger partial charge in [0, 0.05) is 16.1 Å². The molecule has 1 heterocycles. The number of fused-ring (bicyclic) bond motifs is 3. The molecule has 1 saturated carbocycles. The van der Waals surface area contributed by atoms with Crippen molar-refractivity contribution < 1.29 is 14.6 Å². The van der Waals surface area contributed by atoms with Gasteiger partial charge in [-0.3, -0.25) is 4.79 Å². The van der Waals surface area contributed by atoms with Gasteiger partial charge in [-0.25, -0.2) is 0 Å². The van der Waals surface area contributed by atoms with E-state index in [0.29, 0.717) is 11.9 Å². The Kier molecular flexibility index (Phi) is 2.87. The number of esters is 1. The molecule has 4 atom stereocenters. The van der Waals surface area contributed by atoms with Gasteiger partial charge in [0.05, 0.1) is 18.6 Å². The molecular formula is C14H16O3S. The lowest BCUT2D eigenvalue weighted by Gasteiger charge is -2.13. The summed E-state index contributed by atoms with van der Waals surface area (Å²) in [6.45, 7) is 4.04. The largest absolute Gasteiger partial charge is 0.466 e. The van der Waals surface area contributed by atoms with E-state index in [2.05, 4.69) is 6.07 Å². The average Bonchev–Trinajstić information content (AvgIpc) is 2.91. The van der Waals surface area contributed by atoms with E-state index in [1.54, 1.807) is 18.7 Å². The van der Waals surface area contributed by atoms with E-state index in [4.69, 9.17) is 4.74 Å². The molecule has 0 saturated heterocycles. The normalized spacial score (nSPS) is 29.4. The van der Waals surface area contributed by atoms with Crippen LogP contribution in [0.5, 0.6) is 0 Å². The van der Waals surface area contributed by atoms with Gasteiger partial charge in [-0.05, 0) is 31.0 Å². The maximum atomic E-state index is 11.8. The van der Waals surface area contributed by atoms with Crippen molar-refractivity contribution in [2.45, 2.75) is 36.0 Å². The Morgan fingerprint density at radius 2 is 2.33 bits per heavy atom. The molecule has 0 radical (unpaired) electrons. The summed E-state index contributed by atoms with van der Waals surface area (Å²) in [6.07, 6.45) is -0.484. The summed E-state index contributed by atoms with van der Waals surface area (Å²) >= 11 is 1.75. The lowest BCUT2D eigenvalue weighted by atomic mass is 9.98. The minimum atomic E-state index is -0.484. The standard InChI is InChI=1S/C14H16O3S/c1-3-17-14(16)12-11-10-8(7(2)15)5-4-6-9(10)18-13(11)12/h4-7,11-13,15H,3H2,1-2H3. The zero-order valence-corrected chi connectivity index (χ0v) is 11.2. The SMILES string of the molecule is CCOC(=O)C1C2Sc3cccc(C(C)O)c3C21. The number of carbonyl (C=O) groups excluding carboxylic acids is 1. The number of hydrogen-bond acceptors (Lipinski definition) is 4. The number of aliphatic hydroxyl groups is 1. The molecule has 0 bridgehead atoms. The van der Waals surface area contributed by atoms with E-state index in [-0.39, 0.29) is 17.8 Å². The van der Waals surface area contributed by atoms with E-state index < -0.39 is 6.10 Å². The van der Waals surface area contributed by atoms with Crippen molar-refractivity contribution in [3.63, 3.8) is 0 Å². The van der Waals surface area contributed by atoms with Crippen LogP contribution in [0.2, 0.25) is 0 Å². The minimum absolute atomic E-state index is 0.0117. The molecule has 1 aromatic rings. The van der Waals surface area contributed by atoms with Crippen molar-refractivity contribution >= 4 is 17.7 Å². The fourth-order valence-corrected chi connectivity index (χ4v) is 4.44. The predicted molar refractivity (Wildman–Crippen MR) is 69.6 cm³/mol. The van der Waals surface area contributed by atoms with Crippen LogP contribution in [-0.4, -0.2) is 22.9 Å². The molecule has 3 rings (SSSR count). The Balaban J connectivity index is 1.90. The first-order valence-electron chi connectivity index (χ1n) is 6.29. The van der Waals surface area contributed by atoms with Gasteiger partial charge in [0.1, 0.15) is 0 Å². The van der Waals surface area contributed by atoms with Gasteiger partial charge >= 0.3 is 5.97 Å². The fraction of sp³-hybridized carbons (Fsp3) is 0.500. The molecule has 4 heteroatoms. The summed E-state index contributed by atoms with van der Waals surface area (Å²) in [4.78, 5) is 13.0. The topological polar surface area (TPSA) is 46.5 Å². The second-order valence-electron chi connectivity index (χ2n) is 4.82. The van der Waals surface area contributed by atoms with Gasteiger partial charge in [0.25, 0.3) is 0 Å². The minimum Gasteiger partial charge on any atom is -0.466 e. The highest BCUT2D eigenvalue weighted by atomic mass is 32.2. The molecule has 0 spiro atoms. The summed E-state index contributed by atoms with van der Waals surface area (Å²) in [5, 5.41) is 10.1. The number of carbonyl (C=O) groups is 1. The third-order valence-electron chi connectivity index (χ3n) is 3.66. The van der Waals surface area contributed by atoms with E-state index >= 15 is 0 Å². The van der Waals surface area contributed by atoms with Crippen LogP contribution in [0.1, 0.15) is 37.0 Å². The van der Waals surface area contributed by atoms with Crippen molar-refractivity contribution in [3.05, 3.63) is 29.3 Å². The first-order chi connectivity index (χ1) is 8.65. The summed E-state index contributed by atoms with van der Waals surface area (Å²) < 4.78 is 5.10. The molecule has 1 aliphatic carbocycles. The number of aliphatic hydroxyl groups excluding tert-OH is 1. The van der Waals surface area contributed by atoms with Gasteiger partial charge in [-0.1, -0.05) is 12.1 Å². The van der Waals surface area contributed by atoms with Crippen LogP contribution in [0.4, 0.5) is 0 Å². The van der Waals surface area contributed by atoms with Crippen molar-refractivity contribution in [1.29, 1.82) is 0 Å². The Bertz CT molecular complexity index is 498. The maximum Gasteiger partial charge on any atom is 0.310 e. The quantitative estimate of drug-likeness (QED) is 0.852. The average molecular weight is 264 g/mol. The number of ether oxygens (including phenoxy) is 1. The van der Waals surface area contributed by atoms with Crippen LogP contribution < -0.4 is 0 Å². The highest BCUT2D eigenvalue weighted by Crippen LogP contribution is 2.66. The molecule has 18 heavy (non-hydrogen) atoms. The Labute approximate surface area is 111 Å². The van der Waals surface area contributed by atoms with E-state index in [9.17, 15) is 9.90 Å².